The number of aryl methyl sites for hydroxylation is 1. The van der Waals surface area contributed by atoms with Crippen molar-refractivity contribution < 1.29 is 12.9 Å². The molecule has 6 heteroatoms. The standard InChI is InChI=1S/C12H18BrNO3S/c1-9-12(13)11(17-14-9)8-18(15,16)7-10-5-3-2-4-6-10/h10H,2-8H2,1H3. The van der Waals surface area contributed by atoms with E-state index in [1.54, 1.807) is 6.92 Å². The van der Waals surface area contributed by atoms with Crippen LogP contribution in [-0.2, 0) is 15.6 Å². The summed E-state index contributed by atoms with van der Waals surface area (Å²) in [6, 6.07) is 0. The van der Waals surface area contributed by atoms with Gasteiger partial charge in [0.25, 0.3) is 0 Å². The van der Waals surface area contributed by atoms with Gasteiger partial charge in [0, 0.05) is 0 Å². The summed E-state index contributed by atoms with van der Waals surface area (Å²) in [4.78, 5) is 0. The highest BCUT2D eigenvalue weighted by Crippen LogP contribution is 2.27. The third kappa shape index (κ3) is 3.57. The predicted molar refractivity (Wildman–Crippen MR) is 73.0 cm³/mol. The summed E-state index contributed by atoms with van der Waals surface area (Å²) in [5.74, 6) is 0.972. The molecule has 0 aliphatic heterocycles. The second kappa shape index (κ2) is 5.74. The SMILES string of the molecule is Cc1noc(CS(=O)(=O)CC2CCCCC2)c1Br. The van der Waals surface area contributed by atoms with Gasteiger partial charge in [-0.2, -0.15) is 0 Å². The Morgan fingerprint density at radius 1 is 1.33 bits per heavy atom. The van der Waals surface area contributed by atoms with E-state index in [0.29, 0.717) is 21.8 Å². The summed E-state index contributed by atoms with van der Waals surface area (Å²) >= 11 is 3.31. The van der Waals surface area contributed by atoms with Crippen LogP contribution in [0.1, 0.15) is 43.6 Å². The van der Waals surface area contributed by atoms with Crippen molar-refractivity contribution in [2.24, 2.45) is 5.92 Å². The van der Waals surface area contributed by atoms with Crippen LogP contribution in [0.15, 0.2) is 9.00 Å². The van der Waals surface area contributed by atoms with Crippen molar-refractivity contribution in [3.63, 3.8) is 0 Å². The van der Waals surface area contributed by atoms with Crippen molar-refractivity contribution in [3.8, 4) is 0 Å². The number of halogens is 1. The van der Waals surface area contributed by atoms with Crippen LogP contribution in [0.5, 0.6) is 0 Å². The number of hydrogen-bond donors (Lipinski definition) is 0. The normalized spacial score (nSPS) is 18.1. The zero-order chi connectivity index (χ0) is 13.2. The lowest BCUT2D eigenvalue weighted by Crippen LogP contribution is -2.20. The molecule has 2 rings (SSSR count). The summed E-state index contributed by atoms with van der Waals surface area (Å²) in [5, 5.41) is 3.76. The molecule has 102 valence electrons. The van der Waals surface area contributed by atoms with Gasteiger partial charge in [-0.15, -0.1) is 0 Å². The maximum atomic E-state index is 12.1. The zero-order valence-corrected chi connectivity index (χ0v) is 12.9. The van der Waals surface area contributed by atoms with Gasteiger partial charge in [-0.05, 0) is 41.6 Å². The van der Waals surface area contributed by atoms with E-state index in [0.717, 1.165) is 25.7 Å². The van der Waals surface area contributed by atoms with E-state index in [4.69, 9.17) is 4.52 Å². The number of aromatic nitrogens is 1. The average Bonchev–Trinajstić information content (AvgIpc) is 2.61. The lowest BCUT2D eigenvalue weighted by atomic mass is 9.91. The first-order valence-corrected chi connectivity index (χ1v) is 8.90. The Hall–Kier alpha value is -0.360. The van der Waals surface area contributed by atoms with Crippen molar-refractivity contribution in [2.45, 2.75) is 44.8 Å². The molecule has 0 unspecified atom stereocenters. The van der Waals surface area contributed by atoms with Crippen molar-refractivity contribution >= 4 is 25.8 Å². The highest BCUT2D eigenvalue weighted by atomic mass is 79.9. The third-order valence-corrected chi connectivity index (χ3v) is 6.12. The van der Waals surface area contributed by atoms with Crippen molar-refractivity contribution in [2.75, 3.05) is 5.75 Å². The largest absolute Gasteiger partial charge is 0.359 e. The van der Waals surface area contributed by atoms with Crippen LogP contribution in [0.25, 0.3) is 0 Å². The topological polar surface area (TPSA) is 60.2 Å². The van der Waals surface area contributed by atoms with Crippen molar-refractivity contribution in [1.82, 2.24) is 5.16 Å². The first-order valence-electron chi connectivity index (χ1n) is 6.29. The molecule has 0 atom stereocenters. The third-order valence-electron chi connectivity index (χ3n) is 3.42. The van der Waals surface area contributed by atoms with E-state index in [9.17, 15) is 8.42 Å². The molecular formula is C12H18BrNO3S. The van der Waals surface area contributed by atoms with Gasteiger partial charge >= 0.3 is 0 Å². The summed E-state index contributed by atoms with van der Waals surface area (Å²) in [6.07, 6.45) is 5.63. The summed E-state index contributed by atoms with van der Waals surface area (Å²) in [5.41, 5.74) is 0.692. The second-order valence-electron chi connectivity index (χ2n) is 5.06. The van der Waals surface area contributed by atoms with Gasteiger partial charge in [-0.1, -0.05) is 24.4 Å². The smallest absolute Gasteiger partial charge is 0.166 e. The van der Waals surface area contributed by atoms with Gasteiger partial charge in [-0.25, -0.2) is 8.42 Å². The first kappa shape index (κ1) is 14.1. The molecule has 0 amide bonds. The molecule has 0 spiro atoms. The fourth-order valence-corrected chi connectivity index (χ4v) is 4.70. The van der Waals surface area contributed by atoms with Gasteiger partial charge in [-0.3, -0.25) is 0 Å². The van der Waals surface area contributed by atoms with E-state index in [1.807, 2.05) is 0 Å². The molecular weight excluding hydrogens is 318 g/mol. The highest BCUT2D eigenvalue weighted by molar-refractivity contribution is 9.10. The Morgan fingerprint density at radius 3 is 2.56 bits per heavy atom. The number of nitrogens with zero attached hydrogens (tertiary/aromatic N) is 1. The van der Waals surface area contributed by atoms with Crippen LogP contribution in [0.2, 0.25) is 0 Å². The van der Waals surface area contributed by atoms with Crippen molar-refractivity contribution in [1.29, 1.82) is 0 Å². The quantitative estimate of drug-likeness (QED) is 0.847. The monoisotopic (exact) mass is 335 g/mol. The van der Waals surface area contributed by atoms with Gasteiger partial charge in [0.2, 0.25) is 0 Å². The molecule has 0 aromatic carbocycles. The fraction of sp³-hybridized carbons (Fsp3) is 0.750. The molecule has 1 aliphatic carbocycles. The minimum Gasteiger partial charge on any atom is -0.359 e. The average molecular weight is 336 g/mol. The van der Waals surface area contributed by atoms with E-state index in [1.165, 1.54) is 6.42 Å². The fourth-order valence-electron chi connectivity index (χ4n) is 2.47. The molecule has 1 heterocycles. The molecule has 0 saturated heterocycles. The van der Waals surface area contributed by atoms with Crippen LogP contribution in [0.4, 0.5) is 0 Å². The van der Waals surface area contributed by atoms with Crippen LogP contribution >= 0.6 is 15.9 Å². The van der Waals surface area contributed by atoms with Crippen LogP contribution in [0, 0.1) is 12.8 Å². The van der Waals surface area contributed by atoms with E-state index in [2.05, 4.69) is 21.1 Å². The highest BCUT2D eigenvalue weighted by Gasteiger charge is 2.24. The second-order valence-corrected chi connectivity index (χ2v) is 7.97. The van der Waals surface area contributed by atoms with Gasteiger partial charge in [0.15, 0.2) is 15.6 Å². The van der Waals surface area contributed by atoms with Crippen molar-refractivity contribution in [3.05, 3.63) is 15.9 Å². The first-order chi connectivity index (χ1) is 8.48. The molecule has 1 aliphatic rings. The number of sulfone groups is 1. The predicted octanol–water partition coefficient (Wildman–Crippen LogP) is 3.24. The summed E-state index contributed by atoms with van der Waals surface area (Å²) in [6.45, 7) is 1.78. The van der Waals surface area contributed by atoms with Gasteiger partial charge in [0.05, 0.1) is 15.9 Å². The lowest BCUT2D eigenvalue weighted by molar-refractivity contribution is 0.379. The molecule has 1 saturated carbocycles. The molecule has 18 heavy (non-hydrogen) atoms. The Bertz CT molecular complexity index is 503. The van der Waals surface area contributed by atoms with Crippen LogP contribution in [-0.4, -0.2) is 19.3 Å². The maximum Gasteiger partial charge on any atom is 0.166 e. The zero-order valence-electron chi connectivity index (χ0n) is 10.5. The molecule has 1 aromatic rings. The minimum absolute atomic E-state index is 0.0507. The van der Waals surface area contributed by atoms with Gasteiger partial charge < -0.3 is 4.52 Å². The van der Waals surface area contributed by atoms with E-state index >= 15 is 0 Å². The Balaban J connectivity index is 2.00. The van der Waals surface area contributed by atoms with Crippen LogP contribution in [0.3, 0.4) is 0 Å². The Labute approximate surface area is 116 Å². The van der Waals surface area contributed by atoms with Crippen LogP contribution < -0.4 is 0 Å². The number of hydrogen-bond acceptors (Lipinski definition) is 4. The Kier molecular flexibility index (Phi) is 4.48. The van der Waals surface area contributed by atoms with E-state index in [-0.39, 0.29) is 11.5 Å². The summed E-state index contributed by atoms with van der Waals surface area (Å²) < 4.78 is 30.0. The molecule has 0 radical (unpaired) electrons. The minimum atomic E-state index is -3.11. The number of rotatable bonds is 4. The lowest BCUT2D eigenvalue weighted by Gasteiger charge is -2.20. The molecule has 1 fully saturated rings. The van der Waals surface area contributed by atoms with Gasteiger partial charge in [0.1, 0.15) is 5.75 Å². The maximum absolute atomic E-state index is 12.1. The molecule has 1 aromatic heterocycles. The molecule has 4 nitrogen and oxygen atoms in total. The van der Waals surface area contributed by atoms with E-state index < -0.39 is 9.84 Å². The molecule has 0 N–H and O–H groups in total. The molecule has 0 bridgehead atoms. The Morgan fingerprint density at radius 2 is 2.00 bits per heavy atom. The summed E-state index contributed by atoms with van der Waals surface area (Å²) in [7, 11) is -3.11.